The van der Waals surface area contributed by atoms with Crippen molar-refractivity contribution in [3.8, 4) is 11.5 Å². The van der Waals surface area contributed by atoms with E-state index in [9.17, 15) is 0 Å². The van der Waals surface area contributed by atoms with Crippen molar-refractivity contribution in [2.45, 2.75) is 6.92 Å². The molecular weight excluding hydrogens is 263 g/mol. The van der Waals surface area contributed by atoms with Crippen LogP contribution in [0.5, 0.6) is 11.5 Å². The first kappa shape index (κ1) is 19.9. The van der Waals surface area contributed by atoms with E-state index in [1.807, 2.05) is 0 Å². The maximum atomic E-state index is 8.89. The van der Waals surface area contributed by atoms with Crippen molar-refractivity contribution in [2.75, 3.05) is 13.7 Å². The van der Waals surface area contributed by atoms with Gasteiger partial charge in [0.2, 0.25) is 0 Å². The van der Waals surface area contributed by atoms with Crippen molar-refractivity contribution in [2.24, 2.45) is 10.9 Å². The van der Waals surface area contributed by atoms with Gasteiger partial charge in [0.15, 0.2) is 5.84 Å². The number of aliphatic carboxylic acids is 1. The molecule has 0 spiro atoms. The molecule has 1 rings (SSSR count). The van der Waals surface area contributed by atoms with E-state index in [0.717, 1.165) is 12.7 Å². The number of benzene rings is 1. The molecule has 7 nitrogen and oxygen atoms in total. The number of hydrogen-bond acceptors (Lipinski definition) is 6. The fourth-order valence-corrected chi connectivity index (χ4v) is 0.858. The largest absolute Gasteiger partial charge is 1.00 e. The predicted molar refractivity (Wildman–Crippen MR) is 62.6 cm³/mol. The average Bonchev–Trinajstić information content (AvgIpc) is 2.35. The van der Waals surface area contributed by atoms with Crippen molar-refractivity contribution < 1.29 is 54.1 Å². The SMILES string of the molecule is CC(=O)[O-].COc1ccc(OCC(N)=NO)cc1.[Na+]. The maximum absolute atomic E-state index is 8.89. The number of nitrogens with two attached hydrogens (primary N) is 1. The number of hydrogen-bond donors (Lipinski definition) is 2. The van der Waals surface area contributed by atoms with Crippen LogP contribution >= 0.6 is 0 Å². The number of carboxylic acid groups (broad SMARTS) is 1. The Balaban J connectivity index is 0. The molecule has 0 fully saturated rings. The Kier molecular flexibility index (Phi) is 12.2. The summed E-state index contributed by atoms with van der Waals surface area (Å²) in [5.41, 5.74) is 5.23. The van der Waals surface area contributed by atoms with Gasteiger partial charge in [0.05, 0.1) is 7.11 Å². The Labute approximate surface area is 133 Å². The van der Waals surface area contributed by atoms with E-state index in [0.29, 0.717) is 5.75 Å². The van der Waals surface area contributed by atoms with Crippen LogP contribution in [0.15, 0.2) is 29.4 Å². The normalized spacial score (nSPS) is 9.47. The van der Waals surface area contributed by atoms with Gasteiger partial charge in [-0.15, -0.1) is 0 Å². The molecule has 100 valence electrons. The molecule has 0 aromatic heterocycles. The standard InChI is InChI=1S/C9H12N2O3.C2H4O2.Na/c1-13-7-2-4-8(5-3-7)14-6-9(10)11-12;1-2(3)4;/h2-5,12H,6H2,1H3,(H2,10,11);1H3,(H,3,4);/q;;+1/p-1. The van der Waals surface area contributed by atoms with Crippen LogP contribution in [0.3, 0.4) is 0 Å². The van der Waals surface area contributed by atoms with E-state index in [4.69, 9.17) is 30.3 Å². The van der Waals surface area contributed by atoms with E-state index in [2.05, 4.69) is 5.16 Å². The molecule has 3 N–H and O–H groups in total. The molecule has 0 aliphatic rings. The molecule has 1 aromatic rings. The predicted octanol–water partition coefficient (Wildman–Crippen LogP) is -3.42. The zero-order valence-corrected chi connectivity index (χ0v) is 13.1. The number of carboxylic acids is 1. The monoisotopic (exact) mass is 278 g/mol. The topological polar surface area (TPSA) is 117 Å². The Hall–Kier alpha value is -1.44. The molecule has 8 heteroatoms. The van der Waals surface area contributed by atoms with Gasteiger partial charge in [0.25, 0.3) is 0 Å². The van der Waals surface area contributed by atoms with Gasteiger partial charge in [-0.2, -0.15) is 0 Å². The summed E-state index contributed by atoms with van der Waals surface area (Å²) in [6.07, 6.45) is 0. The first-order valence-corrected chi connectivity index (χ1v) is 4.90. The summed E-state index contributed by atoms with van der Waals surface area (Å²) in [6, 6.07) is 7.01. The third-order valence-electron chi connectivity index (χ3n) is 1.57. The minimum absolute atomic E-state index is 0. The molecule has 0 unspecified atom stereocenters. The number of carbonyl (C=O) groups is 1. The summed E-state index contributed by atoms with van der Waals surface area (Å²) >= 11 is 0. The van der Waals surface area contributed by atoms with Gasteiger partial charge in [-0.3, -0.25) is 0 Å². The zero-order valence-electron chi connectivity index (χ0n) is 11.1. The van der Waals surface area contributed by atoms with Crippen molar-refractivity contribution in [1.29, 1.82) is 0 Å². The molecule has 0 radical (unpaired) electrons. The Bertz CT molecular complexity index is 391. The number of carbonyl (C=O) groups excluding carboxylic acids is 1. The third kappa shape index (κ3) is 11.4. The van der Waals surface area contributed by atoms with Gasteiger partial charge in [-0.25, -0.2) is 0 Å². The van der Waals surface area contributed by atoms with E-state index in [1.54, 1.807) is 31.4 Å². The second-order valence-corrected chi connectivity index (χ2v) is 3.05. The third-order valence-corrected chi connectivity index (χ3v) is 1.57. The molecule has 0 aliphatic heterocycles. The Morgan fingerprint density at radius 1 is 1.37 bits per heavy atom. The number of rotatable bonds is 4. The van der Waals surface area contributed by atoms with Crippen molar-refractivity contribution in [3.05, 3.63) is 24.3 Å². The summed E-state index contributed by atoms with van der Waals surface area (Å²) < 4.78 is 10.2. The van der Waals surface area contributed by atoms with Gasteiger partial charge in [0.1, 0.15) is 18.1 Å². The zero-order chi connectivity index (χ0) is 14.0. The van der Waals surface area contributed by atoms with Crippen LogP contribution in [-0.4, -0.2) is 30.7 Å². The van der Waals surface area contributed by atoms with E-state index in [-0.39, 0.29) is 42.0 Å². The van der Waals surface area contributed by atoms with E-state index in [1.165, 1.54) is 0 Å². The smallest absolute Gasteiger partial charge is 0.550 e. The van der Waals surface area contributed by atoms with Gasteiger partial charge in [0, 0.05) is 5.97 Å². The van der Waals surface area contributed by atoms with Crippen LogP contribution in [0, 0.1) is 0 Å². The second-order valence-electron chi connectivity index (χ2n) is 3.05. The maximum Gasteiger partial charge on any atom is 1.00 e. The first-order valence-electron chi connectivity index (χ1n) is 4.90. The summed E-state index contributed by atoms with van der Waals surface area (Å²) in [5.74, 6) is 0.333. The van der Waals surface area contributed by atoms with Crippen LogP contribution in [0.4, 0.5) is 0 Å². The molecule has 0 saturated carbocycles. The molecule has 0 heterocycles. The Morgan fingerprint density at radius 2 is 1.79 bits per heavy atom. The molecular formula is C11H15N2NaO5. The minimum atomic E-state index is -1.08. The summed E-state index contributed by atoms with van der Waals surface area (Å²) in [4.78, 5) is 8.89. The van der Waals surface area contributed by atoms with Crippen molar-refractivity contribution in [1.82, 2.24) is 0 Å². The molecule has 0 atom stereocenters. The molecule has 0 aliphatic carbocycles. The molecule has 1 aromatic carbocycles. The van der Waals surface area contributed by atoms with Crippen LogP contribution in [0.2, 0.25) is 0 Å². The van der Waals surface area contributed by atoms with Gasteiger partial charge in [-0.1, -0.05) is 5.16 Å². The minimum Gasteiger partial charge on any atom is -0.550 e. The van der Waals surface area contributed by atoms with Gasteiger partial charge < -0.3 is 30.3 Å². The van der Waals surface area contributed by atoms with Gasteiger partial charge >= 0.3 is 29.6 Å². The van der Waals surface area contributed by atoms with Crippen LogP contribution in [0.25, 0.3) is 0 Å². The van der Waals surface area contributed by atoms with Crippen LogP contribution < -0.4 is 49.9 Å². The van der Waals surface area contributed by atoms with Crippen molar-refractivity contribution in [3.63, 3.8) is 0 Å². The second kappa shape index (κ2) is 11.6. The molecule has 0 bridgehead atoms. The summed E-state index contributed by atoms with van der Waals surface area (Å²) in [5, 5.41) is 19.9. The molecule has 0 saturated heterocycles. The number of amidine groups is 1. The van der Waals surface area contributed by atoms with E-state index < -0.39 is 5.97 Å². The first-order chi connectivity index (χ1) is 8.49. The van der Waals surface area contributed by atoms with Gasteiger partial charge in [-0.05, 0) is 31.2 Å². The van der Waals surface area contributed by atoms with E-state index >= 15 is 0 Å². The fraction of sp³-hybridized carbons (Fsp3) is 0.273. The number of nitrogens with zero attached hydrogens (tertiary/aromatic N) is 1. The number of oxime groups is 1. The molecule has 19 heavy (non-hydrogen) atoms. The Morgan fingerprint density at radius 3 is 2.16 bits per heavy atom. The van der Waals surface area contributed by atoms with Crippen LogP contribution in [0.1, 0.15) is 6.92 Å². The number of methoxy groups -OCH3 is 1. The van der Waals surface area contributed by atoms with Crippen LogP contribution in [-0.2, 0) is 4.79 Å². The summed E-state index contributed by atoms with van der Waals surface area (Å²) in [6.45, 7) is 1.03. The summed E-state index contributed by atoms with van der Waals surface area (Å²) in [7, 11) is 1.59. The quantitative estimate of drug-likeness (QED) is 0.195. The molecule has 0 amide bonds. The van der Waals surface area contributed by atoms with Crippen molar-refractivity contribution >= 4 is 11.8 Å². The number of ether oxygens (including phenoxy) is 2. The fourth-order valence-electron chi connectivity index (χ4n) is 0.858. The average molecular weight is 278 g/mol.